The van der Waals surface area contributed by atoms with Gasteiger partial charge in [0.05, 0.1) is 6.10 Å². The first-order valence-corrected chi connectivity index (χ1v) is 6.71. The molecule has 4 heteroatoms. The maximum absolute atomic E-state index is 9.48. The number of rotatable bonds is 5. The summed E-state index contributed by atoms with van der Waals surface area (Å²) >= 11 is 0. The van der Waals surface area contributed by atoms with Crippen LogP contribution in [0.2, 0.25) is 0 Å². The highest BCUT2D eigenvalue weighted by Gasteiger charge is 2.26. The molecule has 4 nitrogen and oxygen atoms in total. The van der Waals surface area contributed by atoms with Gasteiger partial charge in [-0.2, -0.15) is 5.26 Å². The molecular formula is C16H19N3O. The lowest BCUT2D eigenvalue weighted by Crippen LogP contribution is -2.11. The summed E-state index contributed by atoms with van der Waals surface area (Å²) < 4.78 is 5.85. The Bertz CT molecular complexity index is 607. The Morgan fingerprint density at radius 1 is 1.50 bits per heavy atom. The van der Waals surface area contributed by atoms with Gasteiger partial charge in [-0.3, -0.25) is 0 Å². The second-order valence-corrected chi connectivity index (χ2v) is 5.07. The van der Waals surface area contributed by atoms with Crippen LogP contribution >= 0.6 is 0 Å². The topological polar surface area (TPSA) is 68.9 Å². The molecule has 1 aromatic carbocycles. The number of allylic oxidation sites excluding steroid dienone is 1. The van der Waals surface area contributed by atoms with E-state index in [0.29, 0.717) is 11.3 Å². The SMILES string of the molecule is CN/C(=C(/C)C=N)c1cc(C)cc(OC2CC2)c1C#N. The van der Waals surface area contributed by atoms with Crippen molar-refractivity contribution in [3.05, 3.63) is 34.4 Å². The molecule has 0 spiro atoms. The summed E-state index contributed by atoms with van der Waals surface area (Å²) in [7, 11) is 1.80. The fourth-order valence-corrected chi connectivity index (χ4v) is 2.14. The summed E-state index contributed by atoms with van der Waals surface area (Å²) in [5.41, 5.74) is 3.95. The van der Waals surface area contributed by atoms with Crippen molar-refractivity contribution >= 4 is 11.9 Å². The Hall–Kier alpha value is -2.28. The lowest BCUT2D eigenvalue weighted by atomic mass is 9.98. The number of aryl methyl sites for hydroxylation is 1. The van der Waals surface area contributed by atoms with Crippen LogP contribution in [-0.2, 0) is 0 Å². The van der Waals surface area contributed by atoms with Crippen molar-refractivity contribution in [2.24, 2.45) is 0 Å². The Morgan fingerprint density at radius 2 is 2.20 bits per heavy atom. The van der Waals surface area contributed by atoms with Crippen molar-refractivity contribution in [2.45, 2.75) is 32.8 Å². The van der Waals surface area contributed by atoms with E-state index in [2.05, 4.69) is 11.4 Å². The van der Waals surface area contributed by atoms with Crippen molar-refractivity contribution in [3.8, 4) is 11.8 Å². The quantitative estimate of drug-likeness (QED) is 0.807. The summed E-state index contributed by atoms with van der Waals surface area (Å²) in [6, 6.07) is 6.11. The maximum Gasteiger partial charge on any atom is 0.138 e. The van der Waals surface area contributed by atoms with Crippen molar-refractivity contribution < 1.29 is 4.74 Å². The molecule has 1 aliphatic carbocycles. The lowest BCUT2D eigenvalue weighted by molar-refractivity contribution is 0.302. The molecule has 1 aliphatic rings. The lowest BCUT2D eigenvalue weighted by Gasteiger charge is -2.16. The molecule has 0 aromatic heterocycles. The van der Waals surface area contributed by atoms with Gasteiger partial charge in [0.2, 0.25) is 0 Å². The monoisotopic (exact) mass is 269 g/mol. The third-order valence-corrected chi connectivity index (χ3v) is 3.31. The zero-order valence-corrected chi connectivity index (χ0v) is 12.1. The molecule has 0 atom stereocenters. The van der Waals surface area contributed by atoms with E-state index in [1.54, 1.807) is 7.05 Å². The molecule has 0 radical (unpaired) electrons. The normalized spacial score (nSPS) is 15.1. The highest BCUT2D eigenvalue weighted by molar-refractivity contribution is 5.89. The third kappa shape index (κ3) is 2.83. The number of nitriles is 1. The molecule has 1 aromatic rings. The molecule has 0 unspecified atom stereocenters. The number of ether oxygens (including phenoxy) is 1. The first kappa shape index (κ1) is 14.1. The second-order valence-electron chi connectivity index (χ2n) is 5.07. The van der Waals surface area contributed by atoms with Crippen molar-refractivity contribution in [3.63, 3.8) is 0 Å². The Balaban J connectivity index is 2.59. The van der Waals surface area contributed by atoms with Gasteiger partial charge in [0.15, 0.2) is 0 Å². The summed E-state index contributed by atoms with van der Waals surface area (Å²) in [5, 5.41) is 20.0. The van der Waals surface area contributed by atoms with Gasteiger partial charge >= 0.3 is 0 Å². The van der Waals surface area contributed by atoms with Gasteiger partial charge in [-0.05, 0) is 50.0 Å². The van der Waals surface area contributed by atoms with Gasteiger partial charge in [0, 0.05) is 24.5 Å². The fraction of sp³-hybridized carbons (Fsp3) is 0.375. The van der Waals surface area contributed by atoms with Crippen molar-refractivity contribution in [1.29, 1.82) is 10.7 Å². The zero-order valence-electron chi connectivity index (χ0n) is 12.1. The highest BCUT2D eigenvalue weighted by atomic mass is 16.5. The van der Waals surface area contributed by atoms with Crippen LogP contribution in [-0.4, -0.2) is 19.4 Å². The van der Waals surface area contributed by atoms with Gasteiger partial charge in [-0.15, -0.1) is 0 Å². The number of benzene rings is 1. The minimum atomic E-state index is 0.252. The summed E-state index contributed by atoms with van der Waals surface area (Å²) in [4.78, 5) is 0. The van der Waals surface area contributed by atoms with Crippen LogP contribution in [0, 0.1) is 23.7 Å². The molecule has 1 saturated carbocycles. The average molecular weight is 269 g/mol. The maximum atomic E-state index is 9.48. The first-order valence-electron chi connectivity index (χ1n) is 6.71. The van der Waals surface area contributed by atoms with E-state index >= 15 is 0 Å². The molecule has 0 saturated heterocycles. The minimum Gasteiger partial charge on any atom is -0.489 e. The fourth-order valence-electron chi connectivity index (χ4n) is 2.14. The molecule has 104 valence electrons. The van der Waals surface area contributed by atoms with E-state index in [-0.39, 0.29) is 6.10 Å². The van der Waals surface area contributed by atoms with Crippen molar-refractivity contribution in [1.82, 2.24) is 5.32 Å². The van der Waals surface area contributed by atoms with Crippen LogP contribution < -0.4 is 10.1 Å². The van der Waals surface area contributed by atoms with Gasteiger partial charge in [0.25, 0.3) is 0 Å². The molecule has 0 bridgehead atoms. The third-order valence-electron chi connectivity index (χ3n) is 3.31. The van der Waals surface area contributed by atoms with E-state index in [4.69, 9.17) is 10.1 Å². The summed E-state index contributed by atoms with van der Waals surface area (Å²) in [6.07, 6.45) is 3.66. The van der Waals surface area contributed by atoms with Crippen LogP contribution in [0.25, 0.3) is 5.70 Å². The average Bonchev–Trinajstić information content (AvgIpc) is 3.23. The number of nitrogens with one attached hydrogen (secondary N) is 2. The van der Waals surface area contributed by atoms with Gasteiger partial charge in [0.1, 0.15) is 17.4 Å². The Morgan fingerprint density at radius 3 is 2.70 bits per heavy atom. The summed E-state index contributed by atoms with van der Waals surface area (Å²) in [5.74, 6) is 0.649. The molecule has 1 fully saturated rings. The number of hydrogen-bond acceptors (Lipinski definition) is 4. The molecule has 20 heavy (non-hydrogen) atoms. The van der Waals surface area contributed by atoms with E-state index < -0.39 is 0 Å². The number of hydrogen-bond donors (Lipinski definition) is 2. The molecular weight excluding hydrogens is 250 g/mol. The molecule has 0 heterocycles. The van der Waals surface area contributed by atoms with E-state index in [0.717, 1.165) is 35.2 Å². The largest absolute Gasteiger partial charge is 0.489 e. The highest BCUT2D eigenvalue weighted by Crippen LogP contribution is 2.33. The van der Waals surface area contributed by atoms with Crippen LogP contribution in [0.3, 0.4) is 0 Å². The van der Waals surface area contributed by atoms with Crippen molar-refractivity contribution in [2.75, 3.05) is 7.05 Å². The predicted molar refractivity (Wildman–Crippen MR) is 80.0 cm³/mol. The second kappa shape index (κ2) is 5.79. The molecule has 0 amide bonds. The Kier molecular flexibility index (Phi) is 4.09. The first-order chi connectivity index (χ1) is 9.60. The standard InChI is InChI=1S/C16H19N3O/c1-10-6-13(16(19-3)11(2)8-17)14(9-18)15(7-10)20-12-4-5-12/h6-8,12,17,19H,4-5H2,1-3H3/b16-11-,17-8?. The van der Waals surface area contributed by atoms with Gasteiger partial charge in [-0.25, -0.2) is 0 Å². The van der Waals surface area contributed by atoms with Gasteiger partial charge < -0.3 is 15.5 Å². The van der Waals surface area contributed by atoms with Gasteiger partial charge in [-0.1, -0.05) is 0 Å². The van der Waals surface area contributed by atoms with E-state index in [9.17, 15) is 5.26 Å². The molecule has 2 rings (SSSR count). The summed E-state index contributed by atoms with van der Waals surface area (Å²) in [6.45, 7) is 3.83. The Labute approximate surface area is 119 Å². The smallest absolute Gasteiger partial charge is 0.138 e. The molecule has 0 aliphatic heterocycles. The van der Waals surface area contributed by atoms with Crippen LogP contribution in [0.1, 0.15) is 36.5 Å². The number of nitrogens with zero attached hydrogens (tertiary/aromatic N) is 1. The molecule has 2 N–H and O–H groups in total. The van der Waals surface area contributed by atoms with Crippen LogP contribution in [0.4, 0.5) is 0 Å². The van der Waals surface area contributed by atoms with Crippen LogP contribution in [0.15, 0.2) is 17.7 Å². The zero-order chi connectivity index (χ0) is 14.7. The van der Waals surface area contributed by atoms with Crippen LogP contribution in [0.5, 0.6) is 5.75 Å². The predicted octanol–water partition coefficient (Wildman–Crippen LogP) is 3.01. The van der Waals surface area contributed by atoms with E-state index in [1.807, 2.05) is 26.0 Å². The van der Waals surface area contributed by atoms with E-state index in [1.165, 1.54) is 6.21 Å². The minimum absolute atomic E-state index is 0.252.